The number of hydrogen-bond donors (Lipinski definition) is 1. The van der Waals surface area contributed by atoms with Gasteiger partial charge in [0.1, 0.15) is 0 Å². The Morgan fingerprint density at radius 2 is 1.00 bits per heavy atom. The van der Waals surface area contributed by atoms with Gasteiger partial charge in [0.25, 0.3) is 0 Å². The van der Waals surface area contributed by atoms with E-state index in [1.54, 1.807) is 0 Å². The summed E-state index contributed by atoms with van der Waals surface area (Å²) in [5.41, 5.74) is 5.42. The molecule has 0 heterocycles. The van der Waals surface area contributed by atoms with Crippen LogP contribution in [0.5, 0.6) is 0 Å². The molecule has 0 bridgehead atoms. The maximum absolute atomic E-state index is 5.42. The van der Waals surface area contributed by atoms with Gasteiger partial charge in [-0.1, -0.05) is 64.7 Å². The van der Waals surface area contributed by atoms with Gasteiger partial charge in [-0.3, -0.25) is 0 Å². The predicted molar refractivity (Wildman–Crippen MR) is 60.9 cm³/mol. The summed E-state index contributed by atoms with van der Waals surface area (Å²) in [6, 6.07) is 0. The Morgan fingerprint density at radius 1 is 0.643 bits per heavy atom. The van der Waals surface area contributed by atoms with Gasteiger partial charge in [-0.25, -0.2) is 0 Å². The summed E-state index contributed by atoms with van der Waals surface area (Å²) in [6.07, 6.45) is 13.9. The monoisotopic (exact) mass is 249 g/mol. The minimum absolute atomic E-state index is 0. The molecule has 0 spiro atoms. The number of unbranched alkanes of at least 4 members (excludes halogenated alkanes) is 9. The molecule has 0 amide bonds. The van der Waals surface area contributed by atoms with Gasteiger partial charge < -0.3 is 5.73 Å². The first-order valence-electron chi connectivity index (χ1n) is 6.12. The molecule has 2 heteroatoms. The van der Waals surface area contributed by atoms with Gasteiger partial charge in [-0.2, -0.15) is 0 Å². The molecule has 0 fully saturated rings. The molecule has 82 valence electrons. The second-order valence-electron chi connectivity index (χ2n) is 3.97. The van der Waals surface area contributed by atoms with Crippen LogP contribution in [0, 0.1) is 0 Å². The predicted octanol–water partition coefficient (Wildman–Crippen LogP) is 3.86. The van der Waals surface area contributed by atoms with E-state index in [-0.39, 0.29) is 19.5 Å². The van der Waals surface area contributed by atoms with Crippen LogP contribution in [0.3, 0.4) is 0 Å². The fourth-order valence-corrected chi connectivity index (χ4v) is 1.63. The van der Waals surface area contributed by atoms with Crippen molar-refractivity contribution in [2.24, 2.45) is 5.73 Å². The molecule has 0 saturated heterocycles. The normalized spacial score (nSPS) is 9.86. The molecule has 0 atom stereocenters. The van der Waals surface area contributed by atoms with E-state index in [2.05, 4.69) is 6.92 Å². The Labute approximate surface area is 103 Å². The third kappa shape index (κ3) is 15.1. The summed E-state index contributed by atoms with van der Waals surface area (Å²) in [5.74, 6) is 0. The summed E-state index contributed by atoms with van der Waals surface area (Å²) in [4.78, 5) is 0. The van der Waals surface area contributed by atoms with Gasteiger partial charge in [0.15, 0.2) is 0 Å². The van der Waals surface area contributed by atoms with Crippen molar-refractivity contribution in [3.05, 3.63) is 0 Å². The van der Waals surface area contributed by atoms with Crippen LogP contribution < -0.4 is 5.73 Å². The van der Waals surface area contributed by atoms with Crippen LogP contribution in [0.4, 0.5) is 0 Å². The summed E-state index contributed by atoms with van der Waals surface area (Å²) in [5, 5.41) is 0. The van der Waals surface area contributed by atoms with Gasteiger partial charge in [0.05, 0.1) is 0 Å². The zero-order chi connectivity index (χ0) is 9.78. The van der Waals surface area contributed by atoms with Crippen LogP contribution in [0.2, 0.25) is 0 Å². The van der Waals surface area contributed by atoms with E-state index in [0.717, 1.165) is 6.54 Å². The number of hydrogen-bond acceptors (Lipinski definition) is 1. The minimum atomic E-state index is 0. The van der Waals surface area contributed by atoms with Crippen LogP contribution in [-0.4, -0.2) is 6.54 Å². The Hall–Kier alpha value is 0.583. The largest absolute Gasteiger partial charge is 0.330 e. The molecule has 0 aliphatic rings. The van der Waals surface area contributed by atoms with Crippen LogP contribution in [0.25, 0.3) is 0 Å². The van der Waals surface area contributed by atoms with Crippen molar-refractivity contribution in [3.8, 4) is 0 Å². The van der Waals surface area contributed by atoms with E-state index in [4.69, 9.17) is 5.73 Å². The molecule has 0 saturated carbocycles. The van der Waals surface area contributed by atoms with Crippen LogP contribution >= 0.6 is 0 Å². The second-order valence-corrected chi connectivity index (χ2v) is 3.97. The zero-order valence-corrected chi connectivity index (χ0v) is 13.0. The first-order valence-corrected chi connectivity index (χ1v) is 6.12. The van der Waals surface area contributed by atoms with Crippen molar-refractivity contribution in [1.29, 1.82) is 0 Å². The quantitative estimate of drug-likeness (QED) is 0.462. The Morgan fingerprint density at radius 3 is 1.36 bits per heavy atom. The summed E-state index contributed by atoms with van der Waals surface area (Å²) in [7, 11) is 0. The van der Waals surface area contributed by atoms with Crippen molar-refractivity contribution < 1.29 is 19.5 Å². The van der Waals surface area contributed by atoms with E-state index in [1.807, 2.05) is 0 Å². The first kappa shape index (κ1) is 17.0. The van der Waals surface area contributed by atoms with Crippen molar-refractivity contribution in [2.75, 3.05) is 6.54 Å². The third-order valence-electron chi connectivity index (χ3n) is 2.56. The molecule has 0 unspecified atom stereocenters. The van der Waals surface area contributed by atoms with Crippen molar-refractivity contribution in [3.63, 3.8) is 0 Å². The van der Waals surface area contributed by atoms with Gasteiger partial charge in [0, 0.05) is 19.5 Å². The Bertz CT molecular complexity index is 76.4. The molecule has 0 radical (unpaired) electrons. The molecule has 0 rings (SSSR count). The second kappa shape index (κ2) is 16.0. The fraction of sp³-hybridized carbons (Fsp3) is 1.00. The Kier molecular flexibility index (Phi) is 19.5. The van der Waals surface area contributed by atoms with Crippen molar-refractivity contribution in [1.82, 2.24) is 0 Å². The summed E-state index contributed by atoms with van der Waals surface area (Å²) in [6.45, 7) is 3.14. The van der Waals surface area contributed by atoms with Gasteiger partial charge >= 0.3 is 0 Å². The molecule has 0 aromatic rings. The molecular formula is C12H27NZn. The van der Waals surface area contributed by atoms with Crippen molar-refractivity contribution >= 4 is 0 Å². The van der Waals surface area contributed by atoms with Gasteiger partial charge in [-0.15, -0.1) is 0 Å². The van der Waals surface area contributed by atoms with E-state index < -0.39 is 0 Å². The topological polar surface area (TPSA) is 26.0 Å². The summed E-state index contributed by atoms with van der Waals surface area (Å²) < 4.78 is 0. The molecule has 0 aromatic heterocycles. The Balaban J connectivity index is 0. The average Bonchev–Trinajstić information content (AvgIpc) is 2.16. The zero-order valence-electron chi connectivity index (χ0n) is 10.1. The molecule has 0 aromatic carbocycles. The number of rotatable bonds is 10. The third-order valence-corrected chi connectivity index (χ3v) is 2.56. The van der Waals surface area contributed by atoms with Gasteiger partial charge in [0.2, 0.25) is 0 Å². The molecule has 0 aliphatic heterocycles. The SMILES string of the molecule is CCCCCCCCCCCCN.[Zn]. The fourth-order valence-electron chi connectivity index (χ4n) is 1.63. The van der Waals surface area contributed by atoms with E-state index in [1.165, 1.54) is 64.2 Å². The summed E-state index contributed by atoms with van der Waals surface area (Å²) >= 11 is 0. The molecule has 1 nitrogen and oxygen atoms in total. The van der Waals surface area contributed by atoms with E-state index in [0.29, 0.717) is 0 Å². The minimum Gasteiger partial charge on any atom is -0.330 e. The van der Waals surface area contributed by atoms with E-state index in [9.17, 15) is 0 Å². The maximum atomic E-state index is 5.42. The molecular weight excluding hydrogens is 224 g/mol. The standard InChI is InChI=1S/C12H27N.Zn/c1-2-3-4-5-6-7-8-9-10-11-12-13;/h2-13H2,1H3;. The van der Waals surface area contributed by atoms with Crippen LogP contribution in [0.15, 0.2) is 0 Å². The maximum Gasteiger partial charge on any atom is 0 e. The molecule has 2 N–H and O–H groups in total. The van der Waals surface area contributed by atoms with Crippen LogP contribution in [-0.2, 0) is 19.5 Å². The number of nitrogens with two attached hydrogens (primary N) is 1. The van der Waals surface area contributed by atoms with E-state index >= 15 is 0 Å². The average molecular weight is 251 g/mol. The molecule has 0 aliphatic carbocycles. The van der Waals surface area contributed by atoms with Gasteiger partial charge in [-0.05, 0) is 13.0 Å². The van der Waals surface area contributed by atoms with Crippen molar-refractivity contribution in [2.45, 2.75) is 71.1 Å². The molecule has 14 heavy (non-hydrogen) atoms. The van der Waals surface area contributed by atoms with Crippen LogP contribution in [0.1, 0.15) is 71.1 Å². The first-order chi connectivity index (χ1) is 6.41. The smallest absolute Gasteiger partial charge is 0 e.